The molecule has 1 aliphatic carbocycles. The highest BCUT2D eigenvalue weighted by atomic mass is 16.5. The van der Waals surface area contributed by atoms with Crippen molar-refractivity contribution in [1.29, 1.82) is 0 Å². The molecule has 1 aliphatic rings. The van der Waals surface area contributed by atoms with Gasteiger partial charge in [-0.1, -0.05) is 12.8 Å². The average molecular weight is 228 g/mol. The van der Waals surface area contributed by atoms with Crippen LogP contribution in [-0.2, 0) is 19.1 Å². The molecule has 16 heavy (non-hydrogen) atoms. The van der Waals surface area contributed by atoms with Gasteiger partial charge in [-0.15, -0.1) is 0 Å². The molecule has 4 heteroatoms. The summed E-state index contributed by atoms with van der Waals surface area (Å²) in [6.07, 6.45) is 5.19. The summed E-state index contributed by atoms with van der Waals surface area (Å²) in [4.78, 5) is 22.4. The van der Waals surface area contributed by atoms with Crippen LogP contribution in [0.25, 0.3) is 0 Å². The second-order valence-corrected chi connectivity index (χ2v) is 4.37. The molecule has 2 atom stereocenters. The minimum Gasteiger partial charge on any atom is -0.469 e. The third kappa shape index (κ3) is 3.83. The highest BCUT2D eigenvalue weighted by Gasteiger charge is 2.27. The molecular weight excluding hydrogens is 208 g/mol. The maximum absolute atomic E-state index is 11.4. The maximum Gasteiger partial charge on any atom is 0.308 e. The first-order valence-corrected chi connectivity index (χ1v) is 5.82. The van der Waals surface area contributed by atoms with Crippen LogP contribution < -0.4 is 0 Å². The van der Waals surface area contributed by atoms with Gasteiger partial charge in [0, 0.05) is 6.42 Å². The quantitative estimate of drug-likeness (QED) is 0.690. The van der Waals surface area contributed by atoms with Crippen molar-refractivity contribution < 1.29 is 19.1 Å². The Morgan fingerprint density at radius 3 is 2.56 bits per heavy atom. The number of hydrogen-bond donors (Lipinski definition) is 0. The first-order valence-electron chi connectivity index (χ1n) is 5.82. The van der Waals surface area contributed by atoms with Crippen molar-refractivity contribution in [3.8, 4) is 0 Å². The maximum atomic E-state index is 11.4. The van der Waals surface area contributed by atoms with Gasteiger partial charge in [0.05, 0.1) is 20.1 Å². The van der Waals surface area contributed by atoms with Gasteiger partial charge in [-0.25, -0.2) is 0 Å². The normalized spacial score (nSPS) is 24.9. The lowest BCUT2D eigenvalue weighted by molar-refractivity contribution is -0.147. The predicted molar refractivity (Wildman–Crippen MR) is 58.7 cm³/mol. The monoisotopic (exact) mass is 228 g/mol. The molecule has 1 rings (SSSR count). The van der Waals surface area contributed by atoms with Crippen LogP contribution in [0.1, 0.15) is 38.5 Å². The Hall–Kier alpha value is -1.06. The topological polar surface area (TPSA) is 52.6 Å². The van der Waals surface area contributed by atoms with Gasteiger partial charge in [-0.2, -0.15) is 0 Å². The first-order chi connectivity index (χ1) is 7.67. The minimum absolute atomic E-state index is 0.0291. The van der Waals surface area contributed by atoms with E-state index in [1.54, 1.807) is 0 Å². The van der Waals surface area contributed by atoms with Crippen LogP contribution in [-0.4, -0.2) is 26.2 Å². The molecule has 0 spiro atoms. The third-order valence-electron chi connectivity index (χ3n) is 3.30. The Labute approximate surface area is 96.3 Å². The summed E-state index contributed by atoms with van der Waals surface area (Å²) < 4.78 is 9.36. The van der Waals surface area contributed by atoms with Crippen LogP contribution in [0, 0.1) is 11.8 Å². The highest BCUT2D eigenvalue weighted by Crippen LogP contribution is 2.32. The largest absolute Gasteiger partial charge is 0.469 e. The standard InChI is InChI=1S/C12H20O4/c1-15-11(13)7-6-9-4-3-5-10(8-9)12(14)16-2/h9-10H,3-8H2,1-2H3. The fourth-order valence-corrected chi connectivity index (χ4v) is 2.36. The van der Waals surface area contributed by atoms with Crippen molar-refractivity contribution >= 4 is 11.9 Å². The molecule has 0 N–H and O–H groups in total. The lowest BCUT2D eigenvalue weighted by atomic mass is 9.79. The molecule has 0 bridgehead atoms. The predicted octanol–water partition coefficient (Wildman–Crippen LogP) is 1.92. The minimum atomic E-state index is -0.166. The molecule has 0 aromatic carbocycles. The van der Waals surface area contributed by atoms with Gasteiger partial charge < -0.3 is 9.47 Å². The van der Waals surface area contributed by atoms with Crippen molar-refractivity contribution in [2.75, 3.05) is 14.2 Å². The van der Waals surface area contributed by atoms with Crippen molar-refractivity contribution in [1.82, 2.24) is 0 Å². The van der Waals surface area contributed by atoms with Gasteiger partial charge in [-0.05, 0) is 25.2 Å². The number of hydrogen-bond acceptors (Lipinski definition) is 4. The van der Waals surface area contributed by atoms with Crippen LogP contribution in [0.5, 0.6) is 0 Å². The Morgan fingerprint density at radius 2 is 1.94 bits per heavy atom. The van der Waals surface area contributed by atoms with Gasteiger partial charge in [0.25, 0.3) is 0 Å². The van der Waals surface area contributed by atoms with Crippen LogP contribution in [0.3, 0.4) is 0 Å². The van der Waals surface area contributed by atoms with E-state index in [-0.39, 0.29) is 17.9 Å². The zero-order valence-electron chi connectivity index (χ0n) is 10.0. The SMILES string of the molecule is COC(=O)CCC1CCCC(C(=O)OC)C1. The Morgan fingerprint density at radius 1 is 1.19 bits per heavy atom. The van der Waals surface area contributed by atoms with Crippen LogP contribution in [0.4, 0.5) is 0 Å². The Kier molecular flexibility index (Phi) is 5.29. The third-order valence-corrected chi connectivity index (χ3v) is 3.30. The summed E-state index contributed by atoms with van der Waals surface area (Å²) in [6, 6.07) is 0. The summed E-state index contributed by atoms with van der Waals surface area (Å²) in [7, 11) is 2.83. The smallest absolute Gasteiger partial charge is 0.308 e. The van der Waals surface area contributed by atoms with E-state index in [0.29, 0.717) is 12.3 Å². The van der Waals surface area contributed by atoms with Crippen molar-refractivity contribution in [2.24, 2.45) is 11.8 Å². The van der Waals surface area contributed by atoms with Gasteiger partial charge in [0.1, 0.15) is 0 Å². The number of esters is 2. The molecule has 0 aliphatic heterocycles. The molecule has 0 amide bonds. The molecule has 0 saturated heterocycles. The van der Waals surface area contributed by atoms with Gasteiger partial charge >= 0.3 is 11.9 Å². The average Bonchev–Trinajstić information content (AvgIpc) is 2.35. The first kappa shape index (κ1) is 13.0. The van der Waals surface area contributed by atoms with Crippen LogP contribution in [0.2, 0.25) is 0 Å². The Bertz CT molecular complexity index is 249. The number of rotatable bonds is 4. The van der Waals surface area contributed by atoms with Gasteiger partial charge in [0.15, 0.2) is 0 Å². The number of carbonyl (C=O) groups is 2. The van der Waals surface area contributed by atoms with E-state index in [1.165, 1.54) is 14.2 Å². The molecule has 0 aromatic heterocycles. The molecule has 0 heterocycles. The zero-order chi connectivity index (χ0) is 12.0. The van der Waals surface area contributed by atoms with Gasteiger partial charge in [-0.3, -0.25) is 9.59 Å². The molecule has 1 fully saturated rings. The second-order valence-electron chi connectivity index (χ2n) is 4.37. The fraction of sp³-hybridized carbons (Fsp3) is 0.833. The number of carbonyl (C=O) groups excluding carboxylic acids is 2. The fourth-order valence-electron chi connectivity index (χ4n) is 2.36. The molecule has 92 valence electrons. The molecule has 0 aromatic rings. The molecule has 1 saturated carbocycles. The van der Waals surface area contributed by atoms with Crippen molar-refractivity contribution in [3.63, 3.8) is 0 Å². The van der Waals surface area contributed by atoms with E-state index in [9.17, 15) is 9.59 Å². The van der Waals surface area contributed by atoms with E-state index >= 15 is 0 Å². The van der Waals surface area contributed by atoms with Gasteiger partial charge in [0.2, 0.25) is 0 Å². The lowest BCUT2D eigenvalue weighted by Gasteiger charge is -2.27. The van der Waals surface area contributed by atoms with Crippen LogP contribution >= 0.6 is 0 Å². The van der Waals surface area contributed by atoms with E-state index < -0.39 is 0 Å². The van der Waals surface area contributed by atoms with E-state index in [0.717, 1.165) is 32.1 Å². The molecular formula is C12H20O4. The summed E-state index contributed by atoms with van der Waals surface area (Å²) in [5.74, 6) is 0.210. The summed E-state index contributed by atoms with van der Waals surface area (Å²) in [6.45, 7) is 0. The molecule has 4 nitrogen and oxygen atoms in total. The molecule has 2 unspecified atom stereocenters. The summed E-state index contributed by atoms with van der Waals surface area (Å²) in [5, 5.41) is 0. The Balaban J connectivity index is 2.33. The summed E-state index contributed by atoms with van der Waals surface area (Å²) in [5.41, 5.74) is 0. The number of methoxy groups -OCH3 is 2. The van der Waals surface area contributed by atoms with Crippen LogP contribution in [0.15, 0.2) is 0 Å². The summed E-state index contributed by atoms with van der Waals surface area (Å²) >= 11 is 0. The highest BCUT2D eigenvalue weighted by molar-refractivity contribution is 5.72. The molecule has 0 radical (unpaired) electrons. The van der Waals surface area contributed by atoms with E-state index in [1.807, 2.05) is 0 Å². The lowest BCUT2D eigenvalue weighted by Crippen LogP contribution is -2.24. The number of ether oxygens (including phenoxy) is 2. The van der Waals surface area contributed by atoms with E-state index in [4.69, 9.17) is 4.74 Å². The van der Waals surface area contributed by atoms with Crippen molar-refractivity contribution in [2.45, 2.75) is 38.5 Å². The van der Waals surface area contributed by atoms with Crippen molar-refractivity contribution in [3.05, 3.63) is 0 Å². The second kappa shape index (κ2) is 6.51. The zero-order valence-corrected chi connectivity index (χ0v) is 10.0. The van der Waals surface area contributed by atoms with E-state index in [2.05, 4.69) is 4.74 Å².